The van der Waals surface area contributed by atoms with Crippen LogP contribution in [0.2, 0.25) is 0 Å². The first-order valence-electron chi connectivity index (χ1n) is 5.29. The third-order valence-electron chi connectivity index (χ3n) is 2.72. The Morgan fingerprint density at radius 1 is 1.20 bits per heavy atom. The van der Waals surface area contributed by atoms with E-state index < -0.39 is 0 Å². The number of rotatable bonds is 2. The summed E-state index contributed by atoms with van der Waals surface area (Å²) in [6, 6.07) is 10.1. The van der Waals surface area contributed by atoms with Gasteiger partial charge in [0.1, 0.15) is 0 Å². The molecule has 1 aliphatic rings. The molecular formula is C13H15NO. The number of hydrogen-bond donors (Lipinski definition) is 0. The molecule has 0 spiro atoms. The summed E-state index contributed by atoms with van der Waals surface area (Å²) in [6.07, 6.45) is 4.61. The second-order valence-corrected chi connectivity index (χ2v) is 3.88. The van der Waals surface area contributed by atoms with E-state index in [1.165, 1.54) is 0 Å². The lowest BCUT2D eigenvalue weighted by Gasteiger charge is -2.14. The molecule has 0 bridgehead atoms. The van der Waals surface area contributed by atoms with E-state index in [4.69, 9.17) is 0 Å². The van der Waals surface area contributed by atoms with Crippen LogP contribution in [-0.2, 0) is 4.79 Å². The van der Waals surface area contributed by atoms with Crippen LogP contribution >= 0.6 is 0 Å². The van der Waals surface area contributed by atoms with Gasteiger partial charge in [-0.1, -0.05) is 18.2 Å². The number of carbonyl (C=O) groups is 1. The monoisotopic (exact) mass is 201 g/mol. The van der Waals surface area contributed by atoms with Crippen LogP contribution in [0.25, 0.3) is 0 Å². The van der Waals surface area contributed by atoms with Crippen LogP contribution in [0.4, 0.5) is 5.69 Å². The van der Waals surface area contributed by atoms with Crippen molar-refractivity contribution in [3.63, 3.8) is 0 Å². The van der Waals surface area contributed by atoms with E-state index in [9.17, 15) is 4.79 Å². The van der Waals surface area contributed by atoms with Gasteiger partial charge in [0.25, 0.3) is 0 Å². The van der Waals surface area contributed by atoms with Crippen molar-refractivity contribution in [2.45, 2.75) is 19.3 Å². The summed E-state index contributed by atoms with van der Waals surface area (Å²) in [7, 11) is 1.98. The molecule has 0 aromatic heterocycles. The molecule has 78 valence electrons. The van der Waals surface area contributed by atoms with E-state index >= 15 is 0 Å². The van der Waals surface area contributed by atoms with Gasteiger partial charge < -0.3 is 4.90 Å². The summed E-state index contributed by atoms with van der Waals surface area (Å²) in [5.74, 6) is 0.304. The lowest BCUT2D eigenvalue weighted by Crippen LogP contribution is -2.10. The molecule has 0 unspecified atom stereocenters. The van der Waals surface area contributed by atoms with E-state index in [0.717, 1.165) is 24.1 Å². The Morgan fingerprint density at radius 3 is 2.53 bits per heavy atom. The topological polar surface area (TPSA) is 20.3 Å². The van der Waals surface area contributed by atoms with Gasteiger partial charge in [0, 0.05) is 30.9 Å². The number of ketones is 1. The van der Waals surface area contributed by atoms with Crippen molar-refractivity contribution in [3.8, 4) is 0 Å². The minimum Gasteiger partial charge on any atom is -0.351 e. The molecule has 0 N–H and O–H groups in total. The van der Waals surface area contributed by atoms with Crippen LogP contribution in [0.3, 0.4) is 0 Å². The maximum absolute atomic E-state index is 11.4. The summed E-state index contributed by atoms with van der Waals surface area (Å²) in [6.45, 7) is 0. The smallest absolute Gasteiger partial charge is 0.160 e. The van der Waals surface area contributed by atoms with Crippen molar-refractivity contribution < 1.29 is 4.79 Å². The third kappa shape index (κ3) is 2.27. The molecule has 0 aliphatic heterocycles. The number of hydrogen-bond acceptors (Lipinski definition) is 2. The Kier molecular flexibility index (Phi) is 2.86. The number of anilines is 1. The Labute approximate surface area is 90.2 Å². The molecule has 15 heavy (non-hydrogen) atoms. The second-order valence-electron chi connectivity index (χ2n) is 3.88. The first kappa shape index (κ1) is 9.97. The van der Waals surface area contributed by atoms with Gasteiger partial charge in [0.15, 0.2) is 5.78 Å². The summed E-state index contributed by atoms with van der Waals surface area (Å²) >= 11 is 0. The van der Waals surface area contributed by atoms with E-state index in [2.05, 4.69) is 0 Å². The molecule has 1 aromatic carbocycles. The Bertz CT molecular complexity index is 381. The van der Waals surface area contributed by atoms with Crippen molar-refractivity contribution in [2.24, 2.45) is 0 Å². The highest BCUT2D eigenvalue weighted by Gasteiger charge is 2.17. The van der Waals surface area contributed by atoms with Crippen LogP contribution in [0, 0.1) is 0 Å². The molecule has 2 rings (SSSR count). The predicted octanol–water partition coefficient (Wildman–Crippen LogP) is 2.76. The average Bonchev–Trinajstić information content (AvgIpc) is 2.66. The number of benzene rings is 1. The number of para-hydroxylation sites is 1. The number of Topliss-reactive ketones (excluding diaryl/α,β-unsaturated/α-hetero) is 1. The average molecular weight is 201 g/mol. The van der Waals surface area contributed by atoms with Gasteiger partial charge in [-0.15, -0.1) is 0 Å². The van der Waals surface area contributed by atoms with Crippen molar-refractivity contribution in [1.82, 2.24) is 0 Å². The fraction of sp³-hybridized carbons (Fsp3) is 0.308. The first-order valence-corrected chi connectivity index (χ1v) is 5.29. The van der Waals surface area contributed by atoms with Crippen LogP contribution in [0.5, 0.6) is 0 Å². The third-order valence-corrected chi connectivity index (χ3v) is 2.72. The SMILES string of the molecule is CN(/C=C1/CCCC1=O)c1ccccc1. The second kappa shape index (κ2) is 4.30. The highest BCUT2D eigenvalue weighted by Crippen LogP contribution is 2.22. The van der Waals surface area contributed by atoms with Crippen molar-refractivity contribution in [1.29, 1.82) is 0 Å². The number of carbonyl (C=O) groups excluding carboxylic acids is 1. The van der Waals surface area contributed by atoms with Gasteiger partial charge in [-0.2, -0.15) is 0 Å². The molecule has 0 atom stereocenters. The lowest BCUT2D eigenvalue weighted by molar-refractivity contribution is -0.114. The van der Waals surface area contributed by atoms with Gasteiger partial charge in [-0.25, -0.2) is 0 Å². The minimum atomic E-state index is 0.304. The molecule has 0 saturated heterocycles. The van der Waals surface area contributed by atoms with Crippen LogP contribution in [0.1, 0.15) is 19.3 Å². The summed E-state index contributed by atoms with van der Waals surface area (Å²) in [4.78, 5) is 13.5. The number of allylic oxidation sites excluding steroid dienone is 1. The van der Waals surface area contributed by atoms with Crippen LogP contribution in [0.15, 0.2) is 42.1 Å². The Balaban J connectivity index is 2.16. The van der Waals surface area contributed by atoms with Crippen LogP contribution < -0.4 is 4.90 Å². The van der Waals surface area contributed by atoms with E-state index in [1.54, 1.807) is 0 Å². The molecule has 1 fully saturated rings. The van der Waals surface area contributed by atoms with Gasteiger partial charge in [-0.3, -0.25) is 4.79 Å². The zero-order valence-corrected chi connectivity index (χ0v) is 8.94. The van der Waals surface area contributed by atoms with E-state index in [0.29, 0.717) is 12.2 Å². The van der Waals surface area contributed by atoms with Crippen molar-refractivity contribution in [2.75, 3.05) is 11.9 Å². The van der Waals surface area contributed by atoms with Gasteiger partial charge in [0.05, 0.1) is 0 Å². The predicted molar refractivity (Wildman–Crippen MR) is 61.8 cm³/mol. The van der Waals surface area contributed by atoms with Crippen molar-refractivity contribution >= 4 is 11.5 Å². The highest BCUT2D eigenvalue weighted by molar-refractivity contribution is 5.97. The number of nitrogens with zero attached hydrogens (tertiary/aromatic N) is 1. The minimum absolute atomic E-state index is 0.304. The molecule has 1 saturated carbocycles. The zero-order chi connectivity index (χ0) is 10.7. The standard InChI is InChI=1S/C13H15NO/c1-14(12-7-3-2-4-8-12)10-11-6-5-9-13(11)15/h2-4,7-8,10H,5-6,9H2,1H3/b11-10-. The zero-order valence-electron chi connectivity index (χ0n) is 8.94. The fourth-order valence-electron chi connectivity index (χ4n) is 1.85. The van der Waals surface area contributed by atoms with Crippen LogP contribution in [-0.4, -0.2) is 12.8 Å². The Morgan fingerprint density at radius 2 is 1.93 bits per heavy atom. The molecule has 1 aliphatic carbocycles. The normalized spacial score (nSPS) is 18.5. The van der Waals surface area contributed by atoms with E-state index in [1.807, 2.05) is 48.5 Å². The maximum Gasteiger partial charge on any atom is 0.160 e. The molecule has 1 aromatic rings. The summed E-state index contributed by atoms with van der Waals surface area (Å²) < 4.78 is 0. The molecule has 0 amide bonds. The summed E-state index contributed by atoms with van der Waals surface area (Å²) in [5.41, 5.74) is 2.08. The van der Waals surface area contributed by atoms with Crippen molar-refractivity contribution in [3.05, 3.63) is 42.1 Å². The molecule has 0 radical (unpaired) electrons. The lowest BCUT2D eigenvalue weighted by atomic mass is 10.2. The quantitative estimate of drug-likeness (QED) is 0.686. The first-order chi connectivity index (χ1) is 7.27. The summed E-state index contributed by atoms with van der Waals surface area (Å²) in [5, 5.41) is 0. The highest BCUT2D eigenvalue weighted by atomic mass is 16.1. The Hall–Kier alpha value is -1.57. The van der Waals surface area contributed by atoms with Gasteiger partial charge in [-0.05, 0) is 25.0 Å². The molecular weight excluding hydrogens is 186 g/mol. The largest absolute Gasteiger partial charge is 0.351 e. The molecule has 0 heterocycles. The fourth-order valence-corrected chi connectivity index (χ4v) is 1.85. The van der Waals surface area contributed by atoms with Gasteiger partial charge in [0.2, 0.25) is 0 Å². The van der Waals surface area contributed by atoms with E-state index in [-0.39, 0.29) is 0 Å². The molecule has 2 heteroatoms. The molecule has 2 nitrogen and oxygen atoms in total. The maximum atomic E-state index is 11.4. The van der Waals surface area contributed by atoms with Gasteiger partial charge >= 0.3 is 0 Å².